The van der Waals surface area contributed by atoms with Crippen molar-refractivity contribution in [3.05, 3.63) is 57.1 Å². The maximum Gasteiger partial charge on any atom is 0.283 e. The smallest absolute Gasteiger partial charge is 0.283 e. The van der Waals surface area contributed by atoms with E-state index in [-0.39, 0.29) is 23.1 Å². The number of nitrogens with zero attached hydrogens (tertiary/aromatic N) is 3. The number of hydrogen-bond acceptors (Lipinski definition) is 7. The first kappa shape index (κ1) is 20.9. The van der Waals surface area contributed by atoms with Gasteiger partial charge in [-0.3, -0.25) is 14.9 Å². The molecule has 29 heavy (non-hydrogen) atoms. The second-order valence-corrected chi connectivity index (χ2v) is 7.95. The van der Waals surface area contributed by atoms with Gasteiger partial charge in [0, 0.05) is 35.1 Å². The fourth-order valence-corrected chi connectivity index (χ4v) is 3.77. The molecule has 0 fully saturated rings. The molecule has 0 aliphatic rings. The number of nitro benzene ring substituents is 1. The van der Waals surface area contributed by atoms with Crippen LogP contribution in [-0.2, 0) is 4.79 Å². The highest BCUT2D eigenvalue weighted by Gasteiger charge is 2.19. The average molecular weight is 480 g/mol. The SMILES string of the molecule is CC(=O)NCCSc1cc2ncnc(Nc3ccc(Br)cc3F)c2cc1[N+](=O)[O-]. The molecular weight excluding hydrogens is 465 g/mol. The van der Waals surface area contributed by atoms with Gasteiger partial charge in [-0.15, -0.1) is 11.8 Å². The van der Waals surface area contributed by atoms with Crippen LogP contribution in [0.1, 0.15) is 6.92 Å². The van der Waals surface area contributed by atoms with E-state index in [1.54, 1.807) is 12.1 Å². The summed E-state index contributed by atoms with van der Waals surface area (Å²) >= 11 is 4.44. The molecule has 8 nitrogen and oxygen atoms in total. The van der Waals surface area contributed by atoms with E-state index in [1.807, 2.05) is 0 Å². The normalized spacial score (nSPS) is 10.7. The Hall–Kier alpha value is -2.79. The predicted octanol–water partition coefficient (Wildman–Crippen LogP) is 4.41. The topological polar surface area (TPSA) is 110 Å². The summed E-state index contributed by atoms with van der Waals surface area (Å²) in [6.07, 6.45) is 1.30. The molecular formula is C18H15BrFN5O3S. The van der Waals surface area contributed by atoms with E-state index in [0.29, 0.717) is 32.6 Å². The Balaban J connectivity index is 1.95. The molecule has 0 spiro atoms. The molecule has 1 amide bonds. The number of aromatic nitrogens is 2. The molecule has 11 heteroatoms. The third-order valence-corrected chi connectivity index (χ3v) is 5.37. The van der Waals surface area contributed by atoms with Crippen LogP contribution in [0.4, 0.5) is 21.6 Å². The fraction of sp³-hybridized carbons (Fsp3) is 0.167. The van der Waals surface area contributed by atoms with Crippen LogP contribution in [0.3, 0.4) is 0 Å². The molecule has 0 aliphatic carbocycles. The van der Waals surface area contributed by atoms with Crippen molar-refractivity contribution in [1.29, 1.82) is 0 Å². The quantitative estimate of drug-likeness (QED) is 0.223. The Morgan fingerprint density at radius 3 is 2.79 bits per heavy atom. The molecule has 2 N–H and O–H groups in total. The first-order chi connectivity index (χ1) is 13.8. The summed E-state index contributed by atoms with van der Waals surface area (Å²) in [6.45, 7) is 1.79. The lowest BCUT2D eigenvalue weighted by Gasteiger charge is -2.11. The van der Waals surface area contributed by atoms with Crippen molar-refractivity contribution in [3.8, 4) is 0 Å². The summed E-state index contributed by atoms with van der Waals surface area (Å²) in [4.78, 5) is 30.7. The van der Waals surface area contributed by atoms with Crippen molar-refractivity contribution in [2.45, 2.75) is 11.8 Å². The Kier molecular flexibility index (Phi) is 6.60. The lowest BCUT2D eigenvalue weighted by molar-refractivity contribution is -0.387. The highest BCUT2D eigenvalue weighted by molar-refractivity contribution is 9.10. The fourth-order valence-electron chi connectivity index (χ4n) is 2.54. The number of amides is 1. The zero-order valence-corrected chi connectivity index (χ0v) is 17.5. The molecule has 1 aromatic heterocycles. The summed E-state index contributed by atoms with van der Waals surface area (Å²) in [5, 5.41) is 17.5. The minimum atomic E-state index is -0.495. The van der Waals surface area contributed by atoms with Crippen LogP contribution in [0.25, 0.3) is 10.9 Å². The maximum absolute atomic E-state index is 14.2. The molecule has 150 valence electrons. The monoisotopic (exact) mass is 479 g/mol. The van der Waals surface area contributed by atoms with Gasteiger partial charge in [-0.1, -0.05) is 15.9 Å². The molecule has 3 aromatic rings. The van der Waals surface area contributed by atoms with Gasteiger partial charge in [0.1, 0.15) is 18.0 Å². The van der Waals surface area contributed by atoms with Crippen molar-refractivity contribution >= 4 is 61.7 Å². The van der Waals surface area contributed by atoms with Gasteiger partial charge in [-0.05, 0) is 24.3 Å². The second kappa shape index (κ2) is 9.14. The Labute approximate surface area is 177 Å². The second-order valence-electron chi connectivity index (χ2n) is 5.90. The Morgan fingerprint density at radius 1 is 1.31 bits per heavy atom. The van der Waals surface area contributed by atoms with Crippen LogP contribution >= 0.6 is 27.7 Å². The van der Waals surface area contributed by atoms with Gasteiger partial charge in [0.2, 0.25) is 5.91 Å². The molecule has 0 radical (unpaired) electrons. The highest BCUT2D eigenvalue weighted by atomic mass is 79.9. The van der Waals surface area contributed by atoms with E-state index in [1.165, 1.54) is 43.2 Å². The van der Waals surface area contributed by atoms with Gasteiger partial charge < -0.3 is 10.6 Å². The van der Waals surface area contributed by atoms with E-state index in [9.17, 15) is 19.3 Å². The molecule has 2 aromatic carbocycles. The number of halogens is 2. The third-order valence-electron chi connectivity index (χ3n) is 3.83. The first-order valence-electron chi connectivity index (χ1n) is 8.37. The van der Waals surface area contributed by atoms with Crippen molar-refractivity contribution in [2.24, 2.45) is 0 Å². The maximum atomic E-state index is 14.2. The standard InChI is InChI=1S/C18H15BrFN5O3S/c1-10(26)21-4-5-29-17-8-15-12(7-16(17)25(27)28)18(23-9-22-15)24-14-3-2-11(19)6-13(14)20/h2-3,6-9H,4-5H2,1H3,(H,21,26)(H,22,23,24). The van der Waals surface area contributed by atoms with Crippen LogP contribution in [0.5, 0.6) is 0 Å². The number of carbonyl (C=O) groups excluding carboxylic acids is 1. The van der Waals surface area contributed by atoms with Gasteiger partial charge >= 0.3 is 0 Å². The summed E-state index contributed by atoms with van der Waals surface area (Å²) in [5.74, 6) is 0.0637. The number of carbonyl (C=O) groups is 1. The number of fused-ring (bicyclic) bond motifs is 1. The number of nitro groups is 1. The van der Waals surface area contributed by atoms with Crippen molar-refractivity contribution in [1.82, 2.24) is 15.3 Å². The Bertz CT molecular complexity index is 1100. The molecule has 0 atom stereocenters. The van der Waals surface area contributed by atoms with Crippen LogP contribution in [-0.4, -0.2) is 33.1 Å². The van der Waals surface area contributed by atoms with E-state index < -0.39 is 10.7 Å². The summed E-state index contributed by atoms with van der Waals surface area (Å²) in [6, 6.07) is 7.47. The van der Waals surface area contributed by atoms with Gasteiger partial charge in [-0.25, -0.2) is 14.4 Å². The predicted molar refractivity (Wildman–Crippen MR) is 113 cm³/mol. The van der Waals surface area contributed by atoms with Crippen molar-refractivity contribution in [2.75, 3.05) is 17.6 Å². The minimum absolute atomic E-state index is 0.112. The number of nitrogens with one attached hydrogen (secondary N) is 2. The molecule has 0 bridgehead atoms. The summed E-state index contributed by atoms with van der Waals surface area (Å²) < 4.78 is 14.7. The van der Waals surface area contributed by atoms with Crippen LogP contribution in [0, 0.1) is 15.9 Å². The van der Waals surface area contributed by atoms with E-state index in [0.717, 1.165) is 0 Å². The van der Waals surface area contributed by atoms with Crippen LogP contribution < -0.4 is 10.6 Å². The van der Waals surface area contributed by atoms with Gasteiger partial charge in [0.25, 0.3) is 5.69 Å². The largest absolute Gasteiger partial charge is 0.356 e. The summed E-state index contributed by atoms with van der Waals surface area (Å²) in [7, 11) is 0. The molecule has 0 unspecified atom stereocenters. The van der Waals surface area contributed by atoms with Gasteiger partial charge in [0.15, 0.2) is 0 Å². The van der Waals surface area contributed by atoms with E-state index in [2.05, 4.69) is 36.5 Å². The third kappa shape index (κ3) is 5.18. The average Bonchev–Trinajstić information content (AvgIpc) is 2.66. The zero-order chi connectivity index (χ0) is 21.0. The number of hydrogen-bond donors (Lipinski definition) is 2. The highest BCUT2D eigenvalue weighted by Crippen LogP contribution is 2.35. The van der Waals surface area contributed by atoms with Crippen LogP contribution in [0.15, 0.2) is 46.0 Å². The number of anilines is 2. The number of benzene rings is 2. The van der Waals surface area contributed by atoms with Crippen LogP contribution in [0.2, 0.25) is 0 Å². The zero-order valence-electron chi connectivity index (χ0n) is 15.1. The molecule has 0 aliphatic heterocycles. The van der Waals surface area contributed by atoms with Gasteiger partial charge in [0.05, 0.1) is 21.0 Å². The lowest BCUT2D eigenvalue weighted by atomic mass is 10.2. The number of rotatable bonds is 7. The minimum Gasteiger partial charge on any atom is -0.356 e. The van der Waals surface area contributed by atoms with E-state index >= 15 is 0 Å². The van der Waals surface area contributed by atoms with Gasteiger partial charge in [-0.2, -0.15) is 0 Å². The molecule has 0 saturated heterocycles. The first-order valence-corrected chi connectivity index (χ1v) is 10.2. The molecule has 3 rings (SSSR count). The van der Waals surface area contributed by atoms with Crippen molar-refractivity contribution < 1.29 is 14.1 Å². The molecule has 0 saturated carbocycles. The lowest BCUT2D eigenvalue weighted by Crippen LogP contribution is -2.22. The molecule has 1 heterocycles. The Morgan fingerprint density at radius 2 is 2.10 bits per heavy atom. The van der Waals surface area contributed by atoms with E-state index in [4.69, 9.17) is 0 Å². The van der Waals surface area contributed by atoms with Crippen molar-refractivity contribution in [3.63, 3.8) is 0 Å². The summed E-state index contributed by atoms with van der Waals surface area (Å²) in [5.41, 5.74) is 0.553. The number of thioether (sulfide) groups is 1.